The molecule has 0 spiro atoms. The lowest BCUT2D eigenvalue weighted by Gasteiger charge is -2.20. The minimum absolute atomic E-state index is 0.152. The number of aromatic nitrogens is 2. The molecule has 0 bridgehead atoms. The molecular formula is C23H22N4O2S. The van der Waals surface area contributed by atoms with Crippen LogP contribution in [0.15, 0.2) is 66.0 Å². The van der Waals surface area contributed by atoms with Crippen LogP contribution in [0.4, 0.5) is 5.69 Å². The van der Waals surface area contributed by atoms with E-state index in [0.29, 0.717) is 16.1 Å². The average Bonchev–Trinajstić information content (AvgIpc) is 3.42. The summed E-state index contributed by atoms with van der Waals surface area (Å²) >= 11 is 1.38. The molecule has 0 unspecified atom stereocenters. The molecule has 0 saturated heterocycles. The molecule has 0 aliphatic rings. The molecule has 30 heavy (non-hydrogen) atoms. The third-order valence-corrected chi connectivity index (χ3v) is 5.67. The minimum Gasteiger partial charge on any atom is -0.342 e. The van der Waals surface area contributed by atoms with Crippen LogP contribution in [-0.2, 0) is 0 Å². The molecule has 7 heteroatoms. The normalized spacial score (nSPS) is 12.1. The van der Waals surface area contributed by atoms with E-state index in [2.05, 4.69) is 20.6 Å². The number of para-hydroxylation sites is 2. The van der Waals surface area contributed by atoms with Crippen molar-refractivity contribution < 1.29 is 9.59 Å². The highest BCUT2D eigenvalue weighted by Crippen LogP contribution is 2.23. The van der Waals surface area contributed by atoms with Gasteiger partial charge in [0.2, 0.25) is 0 Å². The largest absolute Gasteiger partial charge is 0.342 e. The Kier molecular flexibility index (Phi) is 5.63. The van der Waals surface area contributed by atoms with Gasteiger partial charge in [-0.25, -0.2) is 4.98 Å². The van der Waals surface area contributed by atoms with Crippen LogP contribution in [-0.4, -0.2) is 21.8 Å². The molecule has 2 aromatic carbocycles. The van der Waals surface area contributed by atoms with Crippen molar-refractivity contribution in [1.29, 1.82) is 0 Å². The number of H-pyrrole nitrogens is 1. The summed E-state index contributed by atoms with van der Waals surface area (Å²) in [6.07, 6.45) is 0. The second-order valence-corrected chi connectivity index (χ2v) is 8.29. The van der Waals surface area contributed by atoms with Crippen LogP contribution in [0.3, 0.4) is 0 Å². The molecule has 4 rings (SSSR count). The van der Waals surface area contributed by atoms with Gasteiger partial charge in [-0.1, -0.05) is 32.0 Å². The molecule has 152 valence electrons. The Bertz CT molecular complexity index is 1130. The molecule has 2 amide bonds. The van der Waals surface area contributed by atoms with Crippen molar-refractivity contribution in [2.24, 2.45) is 5.92 Å². The van der Waals surface area contributed by atoms with E-state index < -0.39 is 0 Å². The molecule has 2 aromatic heterocycles. The van der Waals surface area contributed by atoms with E-state index in [1.807, 2.05) is 49.6 Å². The monoisotopic (exact) mass is 418 g/mol. The third-order valence-electron chi connectivity index (χ3n) is 4.81. The van der Waals surface area contributed by atoms with Crippen LogP contribution in [0.2, 0.25) is 0 Å². The van der Waals surface area contributed by atoms with Crippen LogP contribution >= 0.6 is 11.3 Å². The van der Waals surface area contributed by atoms with Gasteiger partial charge in [0.15, 0.2) is 0 Å². The summed E-state index contributed by atoms with van der Waals surface area (Å²) in [6, 6.07) is 18.0. The number of hydrogen-bond acceptors (Lipinski definition) is 4. The van der Waals surface area contributed by atoms with Crippen LogP contribution in [0, 0.1) is 5.92 Å². The van der Waals surface area contributed by atoms with E-state index in [4.69, 9.17) is 0 Å². The Morgan fingerprint density at radius 3 is 2.40 bits per heavy atom. The number of fused-ring (bicyclic) bond motifs is 1. The van der Waals surface area contributed by atoms with Gasteiger partial charge in [-0.15, -0.1) is 11.3 Å². The SMILES string of the molecule is CC(C)[C@H](NC(=O)c1ccc(NC(=O)c2cccs2)cc1)c1nc2ccccc2[nH]1. The Labute approximate surface area is 178 Å². The Balaban J connectivity index is 1.46. The highest BCUT2D eigenvalue weighted by Gasteiger charge is 2.22. The lowest BCUT2D eigenvalue weighted by atomic mass is 10.0. The zero-order chi connectivity index (χ0) is 21.1. The van der Waals surface area contributed by atoms with Gasteiger partial charge in [-0.05, 0) is 53.8 Å². The zero-order valence-corrected chi connectivity index (χ0v) is 17.5. The summed E-state index contributed by atoms with van der Waals surface area (Å²) in [6.45, 7) is 4.09. The second kappa shape index (κ2) is 8.51. The summed E-state index contributed by atoms with van der Waals surface area (Å²) in [5.74, 6) is 0.537. The molecular weight excluding hydrogens is 396 g/mol. The molecule has 0 fully saturated rings. The number of nitrogens with zero attached hydrogens (tertiary/aromatic N) is 1. The van der Waals surface area contributed by atoms with E-state index in [9.17, 15) is 9.59 Å². The van der Waals surface area contributed by atoms with Gasteiger partial charge in [-0.2, -0.15) is 0 Å². The van der Waals surface area contributed by atoms with Crippen molar-refractivity contribution in [2.45, 2.75) is 19.9 Å². The van der Waals surface area contributed by atoms with E-state index in [0.717, 1.165) is 16.9 Å². The quantitative estimate of drug-likeness (QED) is 0.412. The van der Waals surface area contributed by atoms with Crippen molar-refractivity contribution in [3.05, 3.63) is 82.3 Å². The molecule has 4 aromatic rings. The molecule has 6 nitrogen and oxygen atoms in total. The second-order valence-electron chi connectivity index (χ2n) is 7.34. The first kappa shape index (κ1) is 19.8. The van der Waals surface area contributed by atoms with Crippen LogP contribution in [0.5, 0.6) is 0 Å². The number of thiophene rings is 1. The Morgan fingerprint density at radius 1 is 0.967 bits per heavy atom. The predicted octanol–water partition coefficient (Wildman–Crippen LogP) is 5.00. The van der Waals surface area contributed by atoms with E-state index in [1.165, 1.54) is 11.3 Å². The van der Waals surface area contributed by atoms with E-state index >= 15 is 0 Å². The standard InChI is InChI=1S/C23H22N4O2S/c1-14(2)20(21-25-17-6-3-4-7-18(17)26-21)27-22(28)15-9-11-16(12-10-15)24-23(29)19-8-5-13-30-19/h3-14,20H,1-2H3,(H,24,29)(H,25,26)(H,27,28)/t20-/m0/s1. The number of amides is 2. The number of rotatable bonds is 6. The molecule has 0 aliphatic carbocycles. The highest BCUT2D eigenvalue weighted by molar-refractivity contribution is 7.12. The molecule has 0 saturated carbocycles. The van der Waals surface area contributed by atoms with Gasteiger partial charge in [0.1, 0.15) is 5.82 Å². The smallest absolute Gasteiger partial charge is 0.265 e. The first-order valence-corrected chi connectivity index (χ1v) is 10.6. The lowest BCUT2D eigenvalue weighted by Crippen LogP contribution is -2.32. The maximum Gasteiger partial charge on any atom is 0.265 e. The van der Waals surface area contributed by atoms with Gasteiger partial charge >= 0.3 is 0 Å². The number of anilines is 1. The summed E-state index contributed by atoms with van der Waals surface area (Å²) in [4.78, 5) is 33.6. The topological polar surface area (TPSA) is 86.9 Å². The van der Waals surface area contributed by atoms with Crippen molar-refractivity contribution in [1.82, 2.24) is 15.3 Å². The van der Waals surface area contributed by atoms with Crippen LogP contribution in [0.1, 0.15) is 45.7 Å². The number of carbonyl (C=O) groups excluding carboxylic acids is 2. The number of nitrogens with one attached hydrogen (secondary N) is 3. The first-order valence-electron chi connectivity index (χ1n) is 9.71. The van der Waals surface area contributed by atoms with Crippen molar-refractivity contribution in [2.75, 3.05) is 5.32 Å². The van der Waals surface area contributed by atoms with Gasteiger partial charge in [0, 0.05) is 11.3 Å². The van der Waals surface area contributed by atoms with Crippen molar-refractivity contribution in [3.8, 4) is 0 Å². The third kappa shape index (κ3) is 4.26. The maximum atomic E-state index is 12.8. The van der Waals surface area contributed by atoms with Gasteiger partial charge in [0.05, 0.1) is 22.0 Å². The number of hydrogen-bond donors (Lipinski definition) is 3. The van der Waals surface area contributed by atoms with Gasteiger partial charge < -0.3 is 15.6 Å². The fourth-order valence-electron chi connectivity index (χ4n) is 3.20. The first-order chi connectivity index (χ1) is 14.5. The van der Waals surface area contributed by atoms with Crippen LogP contribution in [0.25, 0.3) is 11.0 Å². The fourth-order valence-corrected chi connectivity index (χ4v) is 3.82. The predicted molar refractivity (Wildman–Crippen MR) is 120 cm³/mol. The van der Waals surface area contributed by atoms with Crippen LogP contribution < -0.4 is 10.6 Å². The van der Waals surface area contributed by atoms with Crippen molar-refractivity contribution >= 4 is 39.9 Å². The fraction of sp³-hybridized carbons (Fsp3) is 0.174. The van der Waals surface area contributed by atoms with Crippen molar-refractivity contribution in [3.63, 3.8) is 0 Å². The molecule has 3 N–H and O–H groups in total. The van der Waals surface area contributed by atoms with Gasteiger partial charge in [0.25, 0.3) is 11.8 Å². The van der Waals surface area contributed by atoms with E-state index in [1.54, 1.807) is 30.3 Å². The van der Waals surface area contributed by atoms with Gasteiger partial charge in [-0.3, -0.25) is 9.59 Å². The molecule has 0 radical (unpaired) electrons. The molecule has 2 heterocycles. The maximum absolute atomic E-state index is 12.8. The minimum atomic E-state index is -0.247. The number of benzene rings is 2. The average molecular weight is 419 g/mol. The number of imidazole rings is 1. The van der Waals surface area contributed by atoms with E-state index in [-0.39, 0.29) is 23.8 Å². The number of carbonyl (C=O) groups is 2. The lowest BCUT2D eigenvalue weighted by molar-refractivity contribution is 0.0923. The Hall–Kier alpha value is -3.45. The number of aromatic amines is 1. The summed E-state index contributed by atoms with van der Waals surface area (Å²) < 4.78 is 0. The summed E-state index contributed by atoms with van der Waals surface area (Å²) in [5, 5.41) is 7.77. The molecule has 1 atom stereocenters. The summed E-state index contributed by atoms with van der Waals surface area (Å²) in [5.41, 5.74) is 2.98. The highest BCUT2D eigenvalue weighted by atomic mass is 32.1. The molecule has 0 aliphatic heterocycles. The zero-order valence-electron chi connectivity index (χ0n) is 16.7. The summed E-state index contributed by atoms with van der Waals surface area (Å²) in [7, 11) is 0. The Morgan fingerprint density at radius 2 is 1.73 bits per heavy atom.